The second-order valence-electron chi connectivity index (χ2n) is 5.18. The van der Waals surface area contributed by atoms with Crippen LogP contribution in [0.25, 0.3) is 0 Å². The van der Waals surface area contributed by atoms with Gasteiger partial charge in [-0.25, -0.2) is 8.42 Å². The van der Waals surface area contributed by atoms with Crippen LogP contribution in [-0.4, -0.2) is 31.0 Å². The van der Waals surface area contributed by atoms with E-state index in [1.807, 2.05) is 6.92 Å². The molecule has 2 aromatic rings. The third-order valence-corrected chi connectivity index (χ3v) is 5.34. The number of anilines is 1. The Morgan fingerprint density at radius 1 is 1.12 bits per heavy atom. The smallest absolute Gasteiger partial charge is 0.324 e. The molecular formula is C16H16N2O6S. The van der Waals surface area contributed by atoms with E-state index in [-0.39, 0.29) is 16.3 Å². The molecule has 0 amide bonds. The third-order valence-electron chi connectivity index (χ3n) is 3.55. The Morgan fingerprint density at radius 3 is 2.12 bits per heavy atom. The first-order valence-corrected chi connectivity index (χ1v) is 8.77. The molecule has 0 saturated carbocycles. The maximum absolute atomic E-state index is 12.8. The summed E-state index contributed by atoms with van der Waals surface area (Å²) < 4.78 is 26.4. The number of non-ortho nitro benzene ring substituents is 1. The van der Waals surface area contributed by atoms with Gasteiger partial charge in [0, 0.05) is 12.1 Å². The minimum absolute atomic E-state index is 0.206. The lowest BCUT2D eigenvalue weighted by molar-refractivity contribution is -0.384. The molecule has 0 aliphatic heterocycles. The van der Waals surface area contributed by atoms with Crippen LogP contribution in [-0.2, 0) is 21.2 Å². The van der Waals surface area contributed by atoms with Crippen molar-refractivity contribution >= 4 is 27.4 Å². The lowest BCUT2D eigenvalue weighted by Crippen LogP contribution is -2.35. The van der Waals surface area contributed by atoms with Gasteiger partial charge in [0.05, 0.1) is 15.5 Å². The standard InChI is InChI=1S/C16H16N2O6S/c1-2-12-3-5-13(6-4-12)17(11-16(19)20)25(23,24)15-9-7-14(8-10-15)18(21)22/h3-10H,2,11H2,1H3,(H,19,20). The van der Waals surface area contributed by atoms with Crippen LogP contribution >= 0.6 is 0 Å². The van der Waals surface area contributed by atoms with Crippen LogP contribution in [0.2, 0.25) is 0 Å². The van der Waals surface area contributed by atoms with Gasteiger partial charge in [-0.05, 0) is 36.2 Å². The minimum Gasteiger partial charge on any atom is -0.480 e. The topological polar surface area (TPSA) is 118 Å². The van der Waals surface area contributed by atoms with Gasteiger partial charge in [-0.15, -0.1) is 0 Å². The van der Waals surface area contributed by atoms with E-state index in [4.69, 9.17) is 5.11 Å². The number of hydrogen-bond acceptors (Lipinski definition) is 5. The largest absolute Gasteiger partial charge is 0.480 e. The number of nitrogens with zero attached hydrogens (tertiary/aromatic N) is 2. The van der Waals surface area contributed by atoms with Gasteiger partial charge in [0.1, 0.15) is 6.54 Å². The highest BCUT2D eigenvalue weighted by atomic mass is 32.2. The van der Waals surface area contributed by atoms with Crippen molar-refractivity contribution in [2.24, 2.45) is 0 Å². The third kappa shape index (κ3) is 4.13. The zero-order chi connectivity index (χ0) is 18.6. The molecule has 8 nitrogen and oxygen atoms in total. The molecule has 2 aromatic carbocycles. The first-order valence-electron chi connectivity index (χ1n) is 7.33. The molecule has 132 valence electrons. The zero-order valence-electron chi connectivity index (χ0n) is 13.3. The number of aryl methyl sites for hydroxylation is 1. The van der Waals surface area contributed by atoms with E-state index in [1.165, 1.54) is 12.1 Å². The molecule has 0 saturated heterocycles. The molecule has 0 aliphatic carbocycles. The number of hydrogen-bond donors (Lipinski definition) is 1. The maximum atomic E-state index is 12.8. The minimum atomic E-state index is -4.18. The molecule has 0 aromatic heterocycles. The Labute approximate surface area is 144 Å². The molecule has 25 heavy (non-hydrogen) atoms. The molecule has 0 radical (unpaired) electrons. The summed E-state index contributed by atoms with van der Waals surface area (Å²) in [6.07, 6.45) is 0.758. The normalized spacial score (nSPS) is 11.1. The van der Waals surface area contributed by atoms with Gasteiger partial charge < -0.3 is 5.11 Å². The van der Waals surface area contributed by atoms with Gasteiger partial charge in [-0.2, -0.15) is 0 Å². The van der Waals surface area contributed by atoms with Crippen LogP contribution < -0.4 is 4.31 Å². The fraction of sp³-hybridized carbons (Fsp3) is 0.188. The molecule has 0 bridgehead atoms. The van der Waals surface area contributed by atoms with E-state index in [0.29, 0.717) is 0 Å². The second kappa shape index (κ2) is 7.31. The van der Waals surface area contributed by atoms with Crippen LogP contribution in [0.3, 0.4) is 0 Å². The summed E-state index contributed by atoms with van der Waals surface area (Å²) in [5.41, 5.74) is 0.931. The van der Waals surface area contributed by atoms with E-state index in [2.05, 4.69) is 0 Å². The van der Waals surface area contributed by atoms with Crippen LogP contribution in [0.15, 0.2) is 53.4 Å². The van der Waals surface area contributed by atoms with Crippen molar-refractivity contribution < 1.29 is 23.2 Å². The van der Waals surface area contributed by atoms with Gasteiger partial charge in [0.25, 0.3) is 15.7 Å². The number of benzene rings is 2. The van der Waals surface area contributed by atoms with E-state index >= 15 is 0 Å². The summed E-state index contributed by atoms with van der Waals surface area (Å²) in [5, 5.41) is 19.8. The summed E-state index contributed by atoms with van der Waals surface area (Å²) in [6.45, 7) is 1.18. The first kappa shape index (κ1) is 18.4. The highest BCUT2D eigenvalue weighted by molar-refractivity contribution is 7.92. The number of rotatable bonds is 7. The quantitative estimate of drug-likeness (QED) is 0.595. The van der Waals surface area contributed by atoms with Crippen LogP contribution in [0.4, 0.5) is 11.4 Å². The molecule has 0 atom stereocenters. The number of carboxylic acid groups (broad SMARTS) is 1. The zero-order valence-corrected chi connectivity index (χ0v) is 14.1. The van der Waals surface area contributed by atoms with Gasteiger partial charge in [0.15, 0.2) is 0 Å². The van der Waals surface area contributed by atoms with Crippen LogP contribution in [0.5, 0.6) is 0 Å². The van der Waals surface area contributed by atoms with Crippen molar-refractivity contribution in [3.8, 4) is 0 Å². The van der Waals surface area contributed by atoms with Crippen LogP contribution in [0.1, 0.15) is 12.5 Å². The summed E-state index contributed by atoms with van der Waals surface area (Å²) >= 11 is 0. The van der Waals surface area contributed by atoms with Crippen molar-refractivity contribution in [3.63, 3.8) is 0 Å². The fourth-order valence-electron chi connectivity index (χ4n) is 2.20. The van der Waals surface area contributed by atoms with Gasteiger partial charge in [-0.3, -0.25) is 19.2 Å². The summed E-state index contributed by atoms with van der Waals surface area (Å²) in [5.74, 6) is -1.31. The molecule has 0 unspecified atom stereocenters. The number of carbonyl (C=O) groups is 1. The number of nitro benzene ring substituents is 1. The van der Waals surface area contributed by atoms with Gasteiger partial charge in [-0.1, -0.05) is 19.1 Å². The van der Waals surface area contributed by atoms with Crippen molar-refractivity contribution in [3.05, 3.63) is 64.2 Å². The molecule has 0 aliphatic rings. The predicted molar refractivity (Wildman–Crippen MR) is 91.1 cm³/mol. The van der Waals surface area contributed by atoms with Crippen molar-refractivity contribution in [2.45, 2.75) is 18.2 Å². The highest BCUT2D eigenvalue weighted by Gasteiger charge is 2.27. The second-order valence-corrected chi connectivity index (χ2v) is 7.04. The van der Waals surface area contributed by atoms with Crippen molar-refractivity contribution in [1.82, 2.24) is 0 Å². The average Bonchev–Trinajstić information content (AvgIpc) is 2.59. The van der Waals surface area contributed by atoms with E-state index in [0.717, 1.165) is 40.6 Å². The molecule has 0 spiro atoms. The molecular weight excluding hydrogens is 348 g/mol. The maximum Gasteiger partial charge on any atom is 0.324 e. The summed E-state index contributed by atoms with van der Waals surface area (Å²) in [6, 6.07) is 10.8. The van der Waals surface area contributed by atoms with Gasteiger partial charge in [0.2, 0.25) is 0 Å². The summed E-state index contributed by atoms with van der Waals surface area (Å²) in [7, 11) is -4.18. The Kier molecular flexibility index (Phi) is 5.38. The number of aliphatic carboxylic acids is 1. The number of nitro groups is 1. The van der Waals surface area contributed by atoms with Crippen molar-refractivity contribution in [2.75, 3.05) is 10.8 Å². The molecule has 1 N–H and O–H groups in total. The molecule has 0 fully saturated rings. The average molecular weight is 364 g/mol. The molecule has 9 heteroatoms. The Morgan fingerprint density at radius 2 is 1.68 bits per heavy atom. The Hall–Kier alpha value is -2.94. The Bertz CT molecular complexity index is 876. The highest BCUT2D eigenvalue weighted by Crippen LogP contribution is 2.25. The molecule has 0 heterocycles. The fourth-order valence-corrected chi connectivity index (χ4v) is 3.62. The van der Waals surface area contributed by atoms with Crippen molar-refractivity contribution in [1.29, 1.82) is 0 Å². The lowest BCUT2D eigenvalue weighted by atomic mass is 10.1. The lowest BCUT2D eigenvalue weighted by Gasteiger charge is -2.23. The molecule has 2 rings (SSSR count). The monoisotopic (exact) mass is 364 g/mol. The van der Waals surface area contributed by atoms with E-state index < -0.39 is 27.5 Å². The summed E-state index contributed by atoms with van der Waals surface area (Å²) in [4.78, 5) is 21.0. The number of sulfonamides is 1. The first-order chi connectivity index (χ1) is 11.8. The SMILES string of the molecule is CCc1ccc(N(CC(=O)O)S(=O)(=O)c2ccc([N+](=O)[O-])cc2)cc1. The van der Waals surface area contributed by atoms with E-state index in [1.54, 1.807) is 12.1 Å². The number of carboxylic acids is 1. The van der Waals surface area contributed by atoms with E-state index in [9.17, 15) is 23.3 Å². The van der Waals surface area contributed by atoms with Gasteiger partial charge >= 0.3 is 5.97 Å². The van der Waals surface area contributed by atoms with Crippen LogP contribution in [0, 0.1) is 10.1 Å². The Balaban J connectivity index is 2.47. The predicted octanol–water partition coefficient (Wildman–Crippen LogP) is 2.44.